The van der Waals surface area contributed by atoms with Gasteiger partial charge in [-0.05, 0) is 42.8 Å². The molecule has 3 amide bonds. The molecule has 0 aliphatic heterocycles. The van der Waals surface area contributed by atoms with Gasteiger partial charge in [-0.25, -0.2) is 13.6 Å². The maximum Gasteiger partial charge on any atom is 0.315 e. The number of nitrogens with one attached hydrogen (secondary N) is 3. The van der Waals surface area contributed by atoms with Gasteiger partial charge in [-0.2, -0.15) is 0 Å². The van der Waals surface area contributed by atoms with Crippen LogP contribution in [0.4, 0.5) is 19.3 Å². The van der Waals surface area contributed by atoms with Crippen LogP contribution in [-0.2, 0) is 17.8 Å². The van der Waals surface area contributed by atoms with Crippen LogP contribution in [0.1, 0.15) is 18.1 Å². The highest BCUT2D eigenvalue weighted by Gasteiger charge is 2.10. The first-order chi connectivity index (χ1) is 12.0. The van der Waals surface area contributed by atoms with Crippen molar-refractivity contribution in [3.05, 3.63) is 65.2 Å². The van der Waals surface area contributed by atoms with Crippen molar-refractivity contribution in [1.82, 2.24) is 10.6 Å². The summed E-state index contributed by atoms with van der Waals surface area (Å²) in [6, 6.07) is 9.61. The van der Waals surface area contributed by atoms with Crippen molar-refractivity contribution in [3.63, 3.8) is 0 Å². The molecular weight excluding hydrogens is 328 g/mol. The van der Waals surface area contributed by atoms with Crippen LogP contribution in [0.5, 0.6) is 0 Å². The molecule has 2 rings (SSSR count). The van der Waals surface area contributed by atoms with Crippen LogP contribution in [0.15, 0.2) is 42.5 Å². The van der Waals surface area contributed by atoms with Gasteiger partial charge in [0, 0.05) is 24.3 Å². The summed E-state index contributed by atoms with van der Waals surface area (Å²) in [5, 5.41) is 7.93. The SMILES string of the molecule is CCNC(=O)NCc1ccc(NC(=O)Cc2cc(F)ccc2F)cc1. The summed E-state index contributed by atoms with van der Waals surface area (Å²) in [6.07, 6.45) is -0.260. The monoisotopic (exact) mass is 347 g/mol. The molecule has 0 heterocycles. The highest BCUT2D eigenvalue weighted by molar-refractivity contribution is 5.92. The summed E-state index contributed by atoms with van der Waals surface area (Å²) in [7, 11) is 0. The number of hydrogen-bond acceptors (Lipinski definition) is 2. The molecule has 0 bridgehead atoms. The molecular formula is C18H19F2N3O2. The molecule has 0 aliphatic rings. The molecule has 25 heavy (non-hydrogen) atoms. The predicted molar refractivity (Wildman–Crippen MR) is 91.0 cm³/mol. The Morgan fingerprint density at radius 2 is 1.72 bits per heavy atom. The van der Waals surface area contributed by atoms with Crippen molar-refractivity contribution in [2.24, 2.45) is 0 Å². The molecule has 3 N–H and O–H groups in total. The Balaban J connectivity index is 1.89. The standard InChI is InChI=1S/C18H19F2N3O2/c1-2-21-18(25)22-11-12-3-6-15(7-4-12)23-17(24)10-13-9-14(19)5-8-16(13)20/h3-9H,2,10-11H2,1H3,(H,23,24)(H2,21,22,25). The Bertz CT molecular complexity index is 748. The first-order valence-electron chi connectivity index (χ1n) is 7.82. The molecule has 0 fully saturated rings. The largest absolute Gasteiger partial charge is 0.338 e. The van der Waals surface area contributed by atoms with Crippen LogP contribution in [0, 0.1) is 11.6 Å². The van der Waals surface area contributed by atoms with Crippen LogP contribution >= 0.6 is 0 Å². The van der Waals surface area contributed by atoms with E-state index in [4.69, 9.17) is 0 Å². The van der Waals surface area contributed by atoms with E-state index in [1.54, 1.807) is 24.3 Å². The molecule has 2 aromatic carbocycles. The van der Waals surface area contributed by atoms with Crippen molar-refractivity contribution in [2.75, 3.05) is 11.9 Å². The normalized spacial score (nSPS) is 10.2. The van der Waals surface area contributed by atoms with Gasteiger partial charge in [-0.3, -0.25) is 4.79 Å². The molecule has 0 unspecified atom stereocenters. The zero-order valence-corrected chi connectivity index (χ0v) is 13.7. The van der Waals surface area contributed by atoms with E-state index >= 15 is 0 Å². The number of benzene rings is 2. The Hall–Kier alpha value is -2.96. The van der Waals surface area contributed by atoms with E-state index in [-0.39, 0.29) is 18.0 Å². The lowest BCUT2D eigenvalue weighted by Gasteiger charge is -2.09. The van der Waals surface area contributed by atoms with E-state index < -0.39 is 17.5 Å². The number of amides is 3. The second kappa shape index (κ2) is 8.77. The molecule has 5 nitrogen and oxygen atoms in total. The van der Waals surface area contributed by atoms with Crippen LogP contribution < -0.4 is 16.0 Å². The molecule has 0 saturated carbocycles. The van der Waals surface area contributed by atoms with Crippen molar-refractivity contribution in [1.29, 1.82) is 0 Å². The van der Waals surface area contributed by atoms with Crippen LogP contribution in [0.2, 0.25) is 0 Å². The molecule has 0 saturated heterocycles. The minimum atomic E-state index is -0.622. The Morgan fingerprint density at radius 3 is 2.40 bits per heavy atom. The lowest BCUT2D eigenvalue weighted by molar-refractivity contribution is -0.115. The minimum Gasteiger partial charge on any atom is -0.338 e. The minimum absolute atomic E-state index is 0.000238. The molecule has 2 aromatic rings. The number of urea groups is 1. The number of carbonyl (C=O) groups is 2. The zero-order valence-electron chi connectivity index (χ0n) is 13.7. The summed E-state index contributed by atoms with van der Waals surface area (Å²) in [6.45, 7) is 2.73. The van der Waals surface area contributed by atoms with E-state index in [0.717, 1.165) is 23.8 Å². The Kier molecular flexibility index (Phi) is 6.45. The van der Waals surface area contributed by atoms with Gasteiger partial charge in [0.15, 0.2) is 0 Å². The van der Waals surface area contributed by atoms with Gasteiger partial charge in [0.05, 0.1) is 6.42 Å². The summed E-state index contributed by atoms with van der Waals surface area (Å²) in [4.78, 5) is 23.3. The lowest BCUT2D eigenvalue weighted by Crippen LogP contribution is -2.34. The zero-order chi connectivity index (χ0) is 18.2. The van der Waals surface area contributed by atoms with E-state index in [9.17, 15) is 18.4 Å². The predicted octanol–water partition coefficient (Wildman–Crippen LogP) is 2.97. The van der Waals surface area contributed by atoms with Crippen LogP contribution in [0.25, 0.3) is 0 Å². The number of anilines is 1. The third kappa shape index (κ3) is 5.87. The molecule has 7 heteroatoms. The number of rotatable bonds is 6. The summed E-state index contributed by atoms with van der Waals surface area (Å²) in [5.74, 6) is -1.66. The van der Waals surface area contributed by atoms with Gasteiger partial charge < -0.3 is 16.0 Å². The summed E-state index contributed by atoms with van der Waals surface area (Å²) < 4.78 is 26.7. The highest BCUT2D eigenvalue weighted by Crippen LogP contribution is 2.13. The van der Waals surface area contributed by atoms with Gasteiger partial charge in [-0.15, -0.1) is 0 Å². The molecule has 132 valence electrons. The van der Waals surface area contributed by atoms with Crippen molar-refractivity contribution >= 4 is 17.6 Å². The third-order valence-corrected chi connectivity index (χ3v) is 3.39. The van der Waals surface area contributed by atoms with Gasteiger partial charge in [0.25, 0.3) is 0 Å². The second-order valence-electron chi connectivity index (χ2n) is 5.37. The van der Waals surface area contributed by atoms with Crippen molar-refractivity contribution in [2.45, 2.75) is 19.9 Å². The first kappa shape index (κ1) is 18.4. The smallest absolute Gasteiger partial charge is 0.315 e. The summed E-state index contributed by atoms with van der Waals surface area (Å²) in [5.41, 5.74) is 1.39. The van der Waals surface area contributed by atoms with Crippen LogP contribution in [-0.4, -0.2) is 18.5 Å². The van der Waals surface area contributed by atoms with E-state index in [1.807, 2.05) is 6.92 Å². The average Bonchev–Trinajstić information content (AvgIpc) is 2.58. The topological polar surface area (TPSA) is 70.2 Å². The van der Waals surface area contributed by atoms with Crippen LogP contribution in [0.3, 0.4) is 0 Å². The van der Waals surface area contributed by atoms with Crippen molar-refractivity contribution < 1.29 is 18.4 Å². The lowest BCUT2D eigenvalue weighted by atomic mass is 10.1. The quantitative estimate of drug-likeness (QED) is 0.752. The van der Waals surface area contributed by atoms with Crippen molar-refractivity contribution in [3.8, 4) is 0 Å². The fraction of sp³-hybridized carbons (Fsp3) is 0.222. The molecule has 0 radical (unpaired) electrons. The van der Waals surface area contributed by atoms with Gasteiger partial charge >= 0.3 is 6.03 Å². The highest BCUT2D eigenvalue weighted by atomic mass is 19.1. The maximum atomic E-state index is 13.5. The fourth-order valence-electron chi connectivity index (χ4n) is 2.17. The Morgan fingerprint density at radius 1 is 1.00 bits per heavy atom. The maximum absolute atomic E-state index is 13.5. The molecule has 0 atom stereocenters. The number of halogens is 2. The number of hydrogen-bond donors (Lipinski definition) is 3. The van der Waals surface area contributed by atoms with E-state index in [2.05, 4.69) is 16.0 Å². The fourth-order valence-corrected chi connectivity index (χ4v) is 2.17. The van der Waals surface area contributed by atoms with Gasteiger partial charge in [-0.1, -0.05) is 12.1 Å². The second-order valence-corrected chi connectivity index (χ2v) is 5.37. The van der Waals surface area contributed by atoms with Gasteiger partial charge in [0.2, 0.25) is 5.91 Å². The molecule has 0 aromatic heterocycles. The van der Waals surface area contributed by atoms with E-state index in [0.29, 0.717) is 18.8 Å². The molecule has 0 spiro atoms. The summed E-state index contributed by atoms with van der Waals surface area (Å²) >= 11 is 0. The average molecular weight is 347 g/mol. The van der Waals surface area contributed by atoms with Gasteiger partial charge in [0.1, 0.15) is 11.6 Å². The number of carbonyl (C=O) groups excluding carboxylic acids is 2. The molecule has 0 aliphatic carbocycles. The first-order valence-corrected chi connectivity index (χ1v) is 7.82. The Labute approximate surface area is 144 Å². The van der Waals surface area contributed by atoms with E-state index in [1.165, 1.54) is 0 Å². The third-order valence-electron chi connectivity index (χ3n) is 3.39.